The summed E-state index contributed by atoms with van der Waals surface area (Å²) in [6.07, 6.45) is 2.40. The molecule has 23 heavy (non-hydrogen) atoms. The molecule has 1 N–H and O–H groups in total. The van der Waals surface area contributed by atoms with Gasteiger partial charge in [-0.25, -0.2) is 4.98 Å². The maximum Gasteiger partial charge on any atom is 0.229 e. The lowest BCUT2D eigenvalue weighted by molar-refractivity contribution is 0.436. The molecule has 1 saturated heterocycles. The zero-order chi connectivity index (χ0) is 16.4. The fourth-order valence-corrected chi connectivity index (χ4v) is 3.08. The van der Waals surface area contributed by atoms with Crippen LogP contribution in [-0.2, 0) is 0 Å². The van der Waals surface area contributed by atoms with Crippen molar-refractivity contribution >= 4 is 40.7 Å². The average Bonchev–Trinajstić information content (AvgIpc) is 2.52. The third kappa shape index (κ3) is 3.88. The van der Waals surface area contributed by atoms with Crippen molar-refractivity contribution in [1.82, 2.24) is 9.97 Å². The van der Waals surface area contributed by atoms with Gasteiger partial charge in [0.2, 0.25) is 5.95 Å². The fourth-order valence-electron chi connectivity index (χ4n) is 2.73. The van der Waals surface area contributed by atoms with Gasteiger partial charge in [0.05, 0.1) is 15.7 Å². The molecule has 0 spiro atoms. The van der Waals surface area contributed by atoms with Crippen LogP contribution in [0.3, 0.4) is 0 Å². The molecule has 0 bridgehead atoms. The van der Waals surface area contributed by atoms with Crippen LogP contribution >= 0.6 is 23.2 Å². The largest absolute Gasteiger partial charge is 0.356 e. The smallest absolute Gasteiger partial charge is 0.229 e. The summed E-state index contributed by atoms with van der Waals surface area (Å²) in [5, 5.41) is 4.16. The Morgan fingerprint density at radius 2 is 1.91 bits per heavy atom. The highest BCUT2D eigenvalue weighted by Crippen LogP contribution is 2.31. The van der Waals surface area contributed by atoms with E-state index in [1.165, 1.54) is 12.8 Å². The second-order valence-electron chi connectivity index (χ2n) is 6.09. The van der Waals surface area contributed by atoms with Crippen LogP contribution in [0, 0.1) is 12.8 Å². The van der Waals surface area contributed by atoms with Crippen molar-refractivity contribution in [2.75, 3.05) is 23.3 Å². The second kappa shape index (κ2) is 6.93. The molecule has 1 aromatic heterocycles. The first kappa shape index (κ1) is 16.3. The monoisotopic (exact) mass is 350 g/mol. The lowest BCUT2D eigenvalue weighted by Crippen LogP contribution is -2.33. The summed E-state index contributed by atoms with van der Waals surface area (Å²) in [5.74, 6) is 2.30. The summed E-state index contributed by atoms with van der Waals surface area (Å²) in [4.78, 5) is 11.4. The minimum absolute atomic E-state index is 0.479. The van der Waals surface area contributed by atoms with Gasteiger partial charge >= 0.3 is 0 Å². The van der Waals surface area contributed by atoms with E-state index in [4.69, 9.17) is 23.2 Å². The number of nitrogens with one attached hydrogen (secondary N) is 1. The number of anilines is 3. The molecule has 6 heteroatoms. The summed E-state index contributed by atoms with van der Waals surface area (Å²) in [7, 11) is 0. The minimum Gasteiger partial charge on any atom is -0.356 e. The van der Waals surface area contributed by atoms with Crippen LogP contribution in [0.15, 0.2) is 24.3 Å². The van der Waals surface area contributed by atoms with Crippen LogP contribution in [-0.4, -0.2) is 23.1 Å². The molecule has 1 aliphatic rings. The Labute approximate surface area is 146 Å². The lowest BCUT2D eigenvalue weighted by Gasteiger charge is -2.31. The Balaban J connectivity index is 1.84. The van der Waals surface area contributed by atoms with Gasteiger partial charge in [-0.1, -0.05) is 36.2 Å². The van der Waals surface area contributed by atoms with E-state index in [9.17, 15) is 0 Å². The van der Waals surface area contributed by atoms with Crippen molar-refractivity contribution in [1.29, 1.82) is 0 Å². The maximum absolute atomic E-state index is 6.23. The maximum atomic E-state index is 6.23. The quantitative estimate of drug-likeness (QED) is 0.838. The summed E-state index contributed by atoms with van der Waals surface area (Å²) in [6, 6.07) is 7.49. The number of aromatic nitrogens is 2. The summed E-state index contributed by atoms with van der Waals surface area (Å²) < 4.78 is 0. The predicted molar refractivity (Wildman–Crippen MR) is 97.1 cm³/mol. The highest BCUT2D eigenvalue weighted by molar-refractivity contribution is 6.43. The van der Waals surface area contributed by atoms with Crippen LogP contribution in [0.5, 0.6) is 0 Å². The molecule has 1 fully saturated rings. The van der Waals surface area contributed by atoms with Crippen molar-refractivity contribution in [3.63, 3.8) is 0 Å². The van der Waals surface area contributed by atoms with Gasteiger partial charge in [0.1, 0.15) is 5.82 Å². The fraction of sp³-hybridized carbons (Fsp3) is 0.412. The van der Waals surface area contributed by atoms with Gasteiger partial charge in [0.15, 0.2) is 0 Å². The Morgan fingerprint density at radius 1 is 1.17 bits per heavy atom. The Bertz CT molecular complexity index is 697. The van der Waals surface area contributed by atoms with E-state index >= 15 is 0 Å². The first-order valence-corrected chi connectivity index (χ1v) is 8.60. The van der Waals surface area contributed by atoms with E-state index in [0.717, 1.165) is 30.5 Å². The van der Waals surface area contributed by atoms with Crippen LogP contribution in [0.4, 0.5) is 17.5 Å². The number of hydrogen-bond acceptors (Lipinski definition) is 4. The molecule has 1 aromatic carbocycles. The van der Waals surface area contributed by atoms with Gasteiger partial charge < -0.3 is 10.2 Å². The number of piperidine rings is 1. The number of hydrogen-bond donors (Lipinski definition) is 1. The van der Waals surface area contributed by atoms with E-state index in [2.05, 4.69) is 27.1 Å². The number of halogens is 2. The molecular formula is C17H20Cl2N4. The van der Waals surface area contributed by atoms with Crippen LogP contribution in [0.2, 0.25) is 10.0 Å². The van der Waals surface area contributed by atoms with Crippen LogP contribution in [0.25, 0.3) is 0 Å². The van der Waals surface area contributed by atoms with Gasteiger partial charge in [-0.3, -0.25) is 0 Å². The summed E-state index contributed by atoms with van der Waals surface area (Å²) in [5.41, 5.74) is 1.64. The van der Waals surface area contributed by atoms with Gasteiger partial charge in [-0.2, -0.15) is 4.98 Å². The van der Waals surface area contributed by atoms with E-state index < -0.39 is 0 Å². The SMILES string of the molecule is Cc1cc(N2CCC(C)CC2)nc(Nc2cccc(Cl)c2Cl)n1. The van der Waals surface area contributed by atoms with Gasteiger partial charge in [-0.15, -0.1) is 0 Å². The average molecular weight is 351 g/mol. The van der Waals surface area contributed by atoms with Crippen molar-refractivity contribution in [2.24, 2.45) is 5.92 Å². The molecule has 2 heterocycles. The van der Waals surface area contributed by atoms with Crippen LogP contribution < -0.4 is 10.2 Å². The standard InChI is InChI=1S/C17H20Cl2N4/c1-11-6-8-23(9-7-11)15-10-12(2)20-17(22-15)21-14-5-3-4-13(18)16(14)19/h3-5,10-11H,6-9H2,1-2H3,(H,20,21,22). The molecule has 3 rings (SSSR count). The highest BCUT2D eigenvalue weighted by Gasteiger charge is 2.18. The van der Waals surface area contributed by atoms with Crippen molar-refractivity contribution in [3.8, 4) is 0 Å². The molecule has 0 aliphatic carbocycles. The Hall–Kier alpha value is -1.52. The lowest BCUT2D eigenvalue weighted by atomic mass is 9.99. The molecule has 0 amide bonds. The number of benzene rings is 1. The third-order valence-electron chi connectivity index (χ3n) is 4.15. The summed E-state index contributed by atoms with van der Waals surface area (Å²) in [6.45, 7) is 6.35. The molecule has 0 atom stereocenters. The normalized spacial score (nSPS) is 15.7. The Kier molecular flexibility index (Phi) is 4.93. The third-order valence-corrected chi connectivity index (χ3v) is 4.97. The molecule has 0 saturated carbocycles. The molecule has 2 aromatic rings. The second-order valence-corrected chi connectivity index (χ2v) is 6.87. The molecule has 0 radical (unpaired) electrons. The number of nitrogens with zero attached hydrogens (tertiary/aromatic N) is 3. The highest BCUT2D eigenvalue weighted by atomic mass is 35.5. The zero-order valence-corrected chi connectivity index (χ0v) is 14.8. The molecule has 0 unspecified atom stereocenters. The van der Waals surface area contributed by atoms with Gasteiger partial charge in [-0.05, 0) is 37.8 Å². The predicted octanol–water partition coefficient (Wildman–Crippen LogP) is 5.07. The Morgan fingerprint density at radius 3 is 2.65 bits per heavy atom. The molecule has 1 aliphatic heterocycles. The van der Waals surface area contributed by atoms with Gasteiger partial charge in [0, 0.05) is 24.8 Å². The topological polar surface area (TPSA) is 41.1 Å². The van der Waals surface area contributed by atoms with Crippen LogP contribution in [0.1, 0.15) is 25.5 Å². The number of aryl methyl sites for hydroxylation is 1. The number of rotatable bonds is 3. The van der Waals surface area contributed by atoms with E-state index in [-0.39, 0.29) is 0 Å². The zero-order valence-electron chi connectivity index (χ0n) is 13.3. The van der Waals surface area contributed by atoms with E-state index in [0.29, 0.717) is 21.7 Å². The summed E-state index contributed by atoms with van der Waals surface area (Å²) >= 11 is 12.3. The van der Waals surface area contributed by atoms with E-state index in [1.54, 1.807) is 6.07 Å². The molecular weight excluding hydrogens is 331 g/mol. The first-order valence-electron chi connectivity index (χ1n) is 7.84. The van der Waals surface area contributed by atoms with Crippen molar-refractivity contribution < 1.29 is 0 Å². The van der Waals surface area contributed by atoms with Crippen molar-refractivity contribution in [2.45, 2.75) is 26.7 Å². The van der Waals surface area contributed by atoms with E-state index in [1.807, 2.05) is 25.1 Å². The van der Waals surface area contributed by atoms with Gasteiger partial charge in [0.25, 0.3) is 0 Å². The minimum atomic E-state index is 0.479. The molecule has 122 valence electrons. The first-order chi connectivity index (χ1) is 11.0. The van der Waals surface area contributed by atoms with Crippen molar-refractivity contribution in [3.05, 3.63) is 40.0 Å². The molecule has 4 nitrogen and oxygen atoms in total.